The molecule has 2 atom stereocenters. The van der Waals surface area contributed by atoms with Gasteiger partial charge in [0.05, 0.1) is 0 Å². The number of nitrogens with one attached hydrogen (secondary N) is 1. The van der Waals surface area contributed by atoms with Crippen LogP contribution < -0.4 is 5.32 Å². The molecule has 1 aliphatic carbocycles. The summed E-state index contributed by atoms with van der Waals surface area (Å²) in [6.45, 7) is 2.57. The number of rotatable bonds is 5. The standard InChI is InChI=1S/C19H23N3O2/c1-13-17(19(23)24)21-12-22-18(13)20-11-14-6-5-9-16(10-14)15-7-3-2-4-8-15/h2-4,7-8,12,14,16H,5-6,9-11H2,1H3,(H,23,24)(H,20,21,22)/t14?,16-/m1/s1. The third kappa shape index (κ3) is 3.72. The minimum Gasteiger partial charge on any atom is -0.476 e. The first-order chi connectivity index (χ1) is 11.6. The van der Waals surface area contributed by atoms with Crippen molar-refractivity contribution >= 4 is 11.8 Å². The zero-order chi connectivity index (χ0) is 16.9. The van der Waals surface area contributed by atoms with Gasteiger partial charge >= 0.3 is 5.97 Å². The topological polar surface area (TPSA) is 75.1 Å². The Hall–Kier alpha value is -2.43. The van der Waals surface area contributed by atoms with Gasteiger partial charge in [0.1, 0.15) is 12.1 Å². The van der Waals surface area contributed by atoms with E-state index in [0.29, 0.717) is 23.2 Å². The van der Waals surface area contributed by atoms with Crippen LogP contribution in [0, 0.1) is 12.8 Å². The van der Waals surface area contributed by atoms with Gasteiger partial charge in [-0.2, -0.15) is 0 Å². The Labute approximate surface area is 142 Å². The van der Waals surface area contributed by atoms with Gasteiger partial charge in [0.25, 0.3) is 0 Å². The van der Waals surface area contributed by atoms with Gasteiger partial charge < -0.3 is 10.4 Å². The number of benzene rings is 1. The van der Waals surface area contributed by atoms with Crippen LogP contribution in [0.4, 0.5) is 5.82 Å². The highest BCUT2D eigenvalue weighted by Gasteiger charge is 2.23. The minimum atomic E-state index is -1.01. The van der Waals surface area contributed by atoms with Crippen molar-refractivity contribution < 1.29 is 9.90 Å². The molecule has 0 saturated heterocycles. The molecule has 0 spiro atoms. The first-order valence-corrected chi connectivity index (χ1v) is 8.49. The van der Waals surface area contributed by atoms with Gasteiger partial charge in [-0.25, -0.2) is 14.8 Å². The average molecular weight is 325 g/mol. The van der Waals surface area contributed by atoms with Gasteiger partial charge in [0.15, 0.2) is 5.69 Å². The third-order valence-electron chi connectivity index (χ3n) is 4.90. The highest BCUT2D eigenvalue weighted by molar-refractivity contribution is 5.88. The summed E-state index contributed by atoms with van der Waals surface area (Å²) in [6.07, 6.45) is 6.15. The molecule has 1 aromatic carbocycles. The molecule has 126 valence electrons. The van der Waals surface area contributed by atoms with E-state index >= 15 is 0 Å². The van der Waals surface area contributed by atoms with Gasteiger partial charge in [-0.15, -0.1) is 0 Å². The van der Waals surface area contributed by atoms with Crippen molar-refractivity contribution in [3.63, 3.8) is 0 Å². The molecule has 1 heterocycles. The van der Waals surface area contributed by atoms with E-state index in [1.165, 1.54) is 31.2 Å². The Balaban J connectivity index is 1.63. The van der Waals surface area contributed by atoms with Crippen LogP contribution in [-0.2, 0) is 0 Å². The van der Waals surface area contributed by atoms with E-state index < -0.39 is 5.97 Å². The monoisotopic (exact) mass is 325 g/mol. The summed E-state index contributed by atoms with van der Waals surface area (Å²) >= 11 is 0. The van der Waals surface area contributed by atoms with Gasteiger partial charge in [0, 0.05) is 12.1 Å². The van der Waals surface area contributed by atoms with Crippen molar-refractivity contribution in [2.75, 3.05) is 11.9 Å². The van der Waals surface area contributed by atoms with Crippen molar-refractivity contribution in [2.24, 2.45) is 5.92 Å². The van der Waals surface area contributed by atoms with Crippen molar-refractivity contribution in [3.8, 4) is 0 Å². The molecule has 2 N–H and O–H groups in total. The maximum atomic E-state index is 11.2. The molecule has 24 heavy (non-hydrogen) atoms. The van der Waals surface area contributed by atoms with Gasteiger partial charge in [0.2, 0.25) is 0 Å². The second-order valence-electron chi connectivity index (χ2n) is 6.52. The molecule has 2 aromatic rings. The molecule has 1 unspecified atom stereocenters. The van der Waals surface area contributed by atoms with Crippen LogP contribution in [0.2, 0.25) is 0 Å². The average Bonchev–Trinajstić information content (AvgIpc) is 2.61. The Kier molecular flexibility index (Phi) is 5.08. The second-order valence-corrected chi connectivity index (χ2v) is 6.52. The lowest BCUT2D eigenvalue weighted by Gasteiger charge is -2.30. The van der Waals surface area contributed by atoms with Crippen LogP contribution in [0.5, 0.6) is 0 Å². The SMILES string of the molecule is Cc1c(NCC2CCC[C@@H](c3ccccc3)C2)ncnc1C(=O)O. The minimum absolute atomic E-state index is 0.0679. The van der Waals surface area contributed by atoms with E-state index in [2.05, 4.69) is 45.6 Å². The van der Waals surface area contributed by atoms with Crippen LogP contribution in [0.25, 0.3) is 0 Å². The molecule has 0 aliphatic heterocycles. The number of carboxylic acid groups (broad SMARTS) is 1. The lowest BCUT2D eigenvalue weighted by Crippen LogP contribution is -2.22. The number of carbonyl (C=O) groups is 1. The fraction of sp³-hybridized carbons (Fsp3) is 0.421. The number of nitrogens with zero attached hydrogens (tertiary/aromatic N) is 2. The summed E-state index contributed by atoms with van der Waals surface area (Å²) in [5.74, 6) is 0.809. The van der Waals surface area contributed by atoms with Crippen LogP contribution in [0.1, 0.15) is 53.2 Å². The molecule has 5 heteroatoms. The number of aromatic nitrogens is 2. The summed E-state index contributed by atoms with van der Waals surface area (Å²) in [5, 5.41) is 12.5. The van der Waals surface area contributed by atoms with Gasteiger partial charge in [-0.3, -0.25) is 0 Å². The maximum Gasteiger partial charge on any atom is 0.354 e. The molecular formula is C19H23N3O2. The molecule has 1 aliphatic rings. The van der Waals surface area contributed by atoms with Crippen molar-refractivity contribution in [2.45, 2.75) is 38.5 Å². The Morgan fingerprint density at radius 3 is 2.79 bits per heavy atom. The van der Waals surface area contributed by atoms with E-state index in [-0.39, 0.29) is 5.69 Å². The van der Waals surface area contributed by atoms with Crippen LogP contribution in [0.3, 0.4) is 0 Å². The highest BCUT2D eigenvalue weighted by atomic mass is 16.4. The second kappa shape index (κ2) is 7.43. The number of anilines is 1. The molecule has 0 radical (unpaired) electrons. The molecule has 0 bridgehead atoms. The number of aromatic carboxylic acids is 1. The Morgan fingerprint density at radius 2 is 2.04 bits per heavy atom. The summed E-state index contributed by atoms with van der Waals surface area (Å²) in [5.41, 5.74) is 2.09. The first-order valence-electron chi connectivity index (χ1n) is 8.49. The van der Waals surface area contributed by atoms with Crippen LogP contribution in [0.15, 0.2) is 36.7 Å². The molecule has 1 fully saturated rings. The normalized spacial score (nSPS) is 20.5. The molecule has 0 amide bonds. The smallest absolute Gasteiger partial charge is 0.354 e. The van der Waals surface area contributed by atoms with Gasteiger partial charge in [-0.05, 0) is 43.6 Å². The summed E-state index contributed by atoms with van der Waals surface area (Å²) < 4.78 is 0. The van der Waals surface area contributed by atoms with Gasteiger partial charge in [-0.1, -0.05) is 36.8 Å². The lowest BCUT2D eigenvalue weighted by molar-refractivity contribution is 0.0689. The Morgan fingerprint density at radius 1 is 1.25 bits per heavy atom. The first kappa shape index (κ1) is 16.4. The molecule has 1 saturated carbocycles. The highest BCUT2D eigenvalue weighted by Crippen LogP contribution is 2.36. The molecule has 3 rings (SSSR count). The number of hydrogen-bond donors (Lipinski definition) is 2. The maximum absolute atomic E-state index is 11.2. The third-order valence-corrected chi connectivity index (χ3v) is 4.90. The molecule has 1 aromatic heterocycles. The van der Waals surface area contributed by atoms with E-state index in [0.717, 1.165) is 13.0 Å². The predicted molar refractivity (Wildman–Crippen MR) is 93.4 cm³/mol. The van der Waals surface area contributed by atoms with E-state index in [1.54, 1.807) is 6.92 Å². The van der Waals surface area contributed by atoms with E-state index in [4.69, 9.17) is 5.11 Å². The van der Waals surface area contributed by atoms with Crippen LogP contribution in [-0.4, -0.2) is 27.6 Å². The lowest BCUT2D eigenvalue weighted by atomic mass is 9.78. The summed E-state index contributed by atoms with van der Waals surface area (Å²) in [6, 6.07) is 10.7. The van der Waals surface area contributed by atoms with Crippen LogP contribution >= 0.6 is 0 Å². The zero-order valence-electron chi connectivity index (χ0n) is 13.9. The van der Waals surface area contributed by atoms with Crippen molar-refractivity contribution in [3.05, 3.63) is 53.5 Å². The number of carboxylic acids is 1. The fourth-order valence-corrected chi connectivity index (χ4v) is 3.59. The quantitative estimate of drug-likeness (QED) is 0.873. The van der Waals surface area contributed by atoms with E-state index in [9.17, 15) is 4.79 Å². The van der Waals surface area contributed by atoms with Crippen molar-refractivity contribution in [1.82, 2.24) is 9.97 Å². The fourth-order valence-electron chi connectivity index (χ4n) is 3.59. The Bertz CT molecular complexity index is 703. The summed E-state index contributed by atoms with van der Waals surface area (Å²) in [7, 11) is 0. The molecular weight excluding hydrogens is 302 g/mol. The van der Waals surface area contributed by atoms with E-state index in [1.807, 2.05) is 0 Å². The zero-order valence-corrected chi connectivity index (χ0v) is 13.9. The number of hydrogen-bond acceptors (Lipinski definition) is 4. The van der Waals surface area contributed by atoms with Crippen molar-refractivity contribution in [1.29, 1.82) is 0 Å². The summed E-state index contributed by atoms with van der Waals surface area (Å²) in [4.78, 5) is 19.2. The molecule has 5 nitrogen and oxygen atoms in total. The predicted octanol–water partition coefficient (Wildman–Crippen LogP) is 3.87. The largest absolute Gasteiger partial charge is 0.476 e.